The highest BCUT2D eigenvalue weighted by Crippen LogP contribution is 2.39. The van der Waals surface area contributed by atoms with Crippen molar-refractivity contribution in [2.45, 2.75) is 40.2 Å². The summed E-state index contributed by atoms with van der Waals surface area (Å²) in [7, 11) is 0. The monoisotopic (exact) mass is 417 g/mol. The Bertz CT molecular complexity index is 1160. The van der Waals surface area contributed by atoms with Gasteiger partial charge < -0.3 is 9.64 Å². The van der Waals surface area contributed by atoms with Crippen LogP contribution in [0.25, 0.3) is 10.9 Å². The molecule has 2 amide bonds. The molecule has 0 aliphatic carbocycles. The van der Waals surface area contributed by atoms with Crippen molar-refractivity contribution in [3.05, 3.63) is 65.4 Å². The Hall–Kier alpha value is -3.41. The van der Waals surface area contributed by atoms with Crippen molar-refractivity contribution in [1.29, 1.82) is 0 Å². The number of aromatic nitrogens is 1. The van der Waals surface area contributed by atoms with E-state index in [0.717, 1.165) is 22.0 Å². The van der Waals surface area contributed by atoms with E-state index in [4.69, 9.17) is 4.74 Å². The maximum Gasteiger partial charge on any atom is 0.414 e. The molecule has 1 atom stereocenters. The number of rotatable bonds is 3. The van der Waals surface area contributed by atoms with E-state index in [0.29, 0.717) is 36.6 Å². The zero-order valence-electron chi connectivity index (χ0n) is 18.4. The summed E-state index contributed by atoms with van der Waals surface area (Å²) in [5, 5.41) is 0.990. The van der Waals surface area contributed by atoms with Gasteiger partial charge in [0.1, 0.15) is 5.69 Å². The van der Waals surface area contributed by atoms with Crippen LogP contribution < -0.4 is 9.80 Å². The highest BCUT2D eigenvalue weighted by molar-refractivity contribution is 6.10. The number of para-hydroxylation sites is 1. The number of nitrogens with zero attached hydrogens (tertiary/aromatic N) is 3. The molecule has 1 aliphatic heterocycles. The predicted octanol–water partition coefficient (Wildman–Crippen LogP) is 5.25. The van der Waals surface area contributed by atoms with E-state index in [2.05, 4.69) is 4.98 Å². The molecule has 160 valence electrons. The molecular weight excluding hydrogens is 390 g/mol. The second-order valence-electron chi connectivity index (χ2n) is 7.86. The van der Waals surface area contributed by atoms with E-state index in [1.165, 1.54) is 0 Å². The molecule has 4 rings (SSSR count). The van der Waals surface area contributed by atoms with Crippen molar-refractivity contribution >= 4 is 34.3 Å². The number of ether oxygens (including phenoxy) is 1. The highest BCUT2D eigenvalue weighted by Gasteiger charge is 2.38. The summed E-state index contributed by atoms with van der Waals surface area (Å²) in [6.07, 6.45) is 0.315. The summed E-state index contributed by atoms with van der Waals surface area (Å²) in [6, 6.07) is 15.2. The van der Waals surface area contributed by atoms with Crippen LogP contribution in [0.4, 0.5) is 16.2 Å². The fraction of sp³-hybridized carbons (Fsp3) is 0.320. The molecule has 0 spiro atoms. The first kappa shape index (κ1) is 20.8. The Morgan fingerprint density at radius 1 is 1.03 bits per heavy atom. The number of fused-ring (bicyclic) bond motifs is 2. The van der Waals surface area contributed by atoms with Crippen LogP contribution in [-0.4, -0.2) is 36.2 Å². The number of pyridine rings is 1. The SMILES string of the molecule is CCOC(=O)N1c2cc(C)c(C)cc2N(C(=O)c2ccc3ccccc3n2)CC1CC. The highest BCUT2D eigenvalue weighted by atomic mass is 16.6. The molecule has 1 aliphatic rings. The molecule has 0 N–H and O–H groups in total. The van der Waals surface area contributed by atoms with Gasteiger partial charge in [-0.15, -0.1) is 0 Å². The molecule has 0 bridgehead atoms. The number of hydrogen-bond acceptors (Lipinski definition) is 4. The largest absolute Gasteiger partial charge is 0.449 e. The van der Waals surface area contributed by atoms with E-state index < -0.39 is 0 Å². The number of anilines is 2. The van der Waals surface area contributed by atoms with E-state index in [1.807, 2.05) is 63.2 Å². The van der Waals surface area contributed by atoms with E-state index in [1.54, 1.807) is 22.8 Å². The average Bonchev–Trinajstić information content (AvgIpc) is 2.78. The van der Waals surface area contributed by atoms with Gasteiger partial charge in [-0.05, 0) is 62.6 Å². The zero-order valence-corrected chi connectivity index (χ0v) is 18.4. The first-order valence-electron chi connectivity index (χ1n) is 10.7. The summed E-state index contributed by atoms with van der Waals surface area (Å²) in [4.78, 5) is 34.5. The van der Waals surface area contributed by atoms with Crippen molar-refractivity contribution in [2.75, 3.05) is 23.0 Å². The van der Waals surface area contributed by atoms with Crippen molar-refractivity contribution in [3.8, 4) is 0 Å². The lowest BCUT2D eigenvalue weighted by Gasteiger charge is -2.42. The average molecular weight is 418 g/mol. The lowest BCUT2D eigenvalue weighted by molar-refractivity contribution is 0.0977. The van der Waals surface area contributed by atoms with Crippen LogP contribution in [0.15, 0.2) is 48.5 Å². The smallest absolute Gasteiger partial charge is 0.414 e. The third-order valence-corrected chi connectivity index (χ3v) is 5.90. The first-order valence-corrected chi connectivity index (χ1v) is 10.7. The molecule has 1 unspecified atom stereocenters. The number of carbonyl (C=O) groups excluding carboxylic acids is 2. The van der Waals surface area contributed by atoms with Gasteiger partial charge in [0.15, 0.2) is 0 Å². The minimum atomic E-state index is -0.380. The quantitative estimate of drug-likeness (QED) is 0.584. The lowest BCUT2D eigenvalue weighted by Crippen LogP contribution is -2.53. The van der Waals surface area contributed by atoms with Crippen LogP contribution in [0.3, 0.4) is 0 Å². The van der Waals surface area contributed by atoms with Gasteiger partial charge in [0.25, 0.3) is 5.91 Å². The predicted molar refractivity (Wildman–Crippen MR) is 123 cm³/mol. The molecule has 3 aromatic rings. The van der Waals surface area contributed by atoms with Crippen LogP contribution in [0, 0.1) is 13.8 Å². The molecular formula is C25H27N3O3. The molecule has 0 saturated carbocycles. The number of benzene rings is 2. The van der Waals surface area contributed by atoms with Gasteiger partial charge in [-0.3, -0.25) is 9.69 Å². The minimum Gasteiger partial charge on any atom is -0.449 e. The summed E-state index contributed by atoms with van der Waals surface area (Å²) < 4.78 is 5.34. The van der Waals surface area contributed by atoms with E-state index >= 15 is 0 Å². The van der Waals surface area contributed by atoms with Gasteiger partial charge in [0.2, 0.25) is 0 Å². The van der Waals surface area contributed by atoms with Crippen LogP contribution in [0.2, 0.25) is 0 Å². The summed E-state index contributed by atoms with van der Waals surface area (Å²) in [6.45, 7) is 8.51. The summed E-state index contributed by atoms with van der Waals surface area (Å²) >= 11 is 0. The van der Waals surface area contributed by atoms with Crippen LogP contribution in [0.5, 0.6) is 0 Å². The van der Waals surface area contributed by atoms with E-state index in [9.17, 15) is 9.59 Å². The molecule has 2 heterocycles. The second-order valence-corrected chi connectivity index (χ2v) is 7.86. The first-order chi connectivity index (χ1) is 14.9. The van der Waals surface area contributed by atoms with E-state index in [-0.39, 0.29) is 18.0 Å². The maximum absolute atomic E-state index is 13.6. The van der Waals surface area contributed by atoms with Gasteiger partial charge in [0, 0.05) is 11.9 Å². The molecule has 0 radical (unpaired) electrons. The van der Waals surface area contributed by atoms with Crippen LogP contribution in [0.1, 0.15) is 41.9 Å². The zero-order chi connectivity index (χ0) is 22.1. The van der Waals surface area contributed by atoms with Crippen molar-refractivity contribution in [1.82, 2.24) is 4.98 Å². The number of aryl methyl sites for hydroxylation is 2. The molecule has 6 heteroatoms. The molecule has 31 heavy (non-hydrogen) atoms. The summed E-state index contributed by atoms with van der Waals surface area (Å²) in [5.74, 6) is -0.169. The lowest BCUT2D eigenvalue weighted by atomic mass is 10.00. The fourth-order valence-corrected chi connectivity index (χ4v) is 4.05. The molecule has 6 nitrogen and oxygen atoms in total. The fourth-order valence-electron chi connectivity index (χ4n) is 4.05. The number of hydrogen-bond donors (Lipinski definition) is 0. The molecule has 1 aromatic heterocycles. The van der Waals surface area contributed by atoms with Crippen LogP contribution in [-0.2, 0) is 4.74 Å². The van der Waals surface area contributed by atoms with Gasteiger partial charge in [-0.2, -0.15) is 0 Å². The maximum atomic E-state index is 13.6. The standard InChI is InChI=1S/C25H27N3O3/c1-5-19-15-27(24(29)21-12-11-18-9-7-8-10-20(18)26-21)22-13-16(3)17(4)14-23(22)28(19)25(30)31-6-2/h7-14,19H,5-6,15H2,1-4H3. The molecule has 2 aromatic carbocycles. The summed E-state index contributed by atoms with van der Waals surface area (Å²) in [5.41, 5.74) is 4.70. The third-order valence-electron chi connectivity index (χ3n) is 5.90. The van der Waals surface area contributed by atoms with Gasteiger partial charge in [-0.1, -0.05) is 31.2 Å². The Balaban J connectivity index is 1.81. The Morgan fingerprint density at radius 3 is 2.45 bits per heavy atom. The normalized spacial score (nSPS) is 15.7. The second kappa shape index (κ2) is 8.38. The number of amides is 2. The Morgan fingerprint density at radius 2 is 1.74 bits per heavy atom. The van der Waals surface area contributed by atoms with Crippen molar-refractivity contribution in [2.24, 2.45) is 0 Å². The third kappa shape index (κ3) is 3.74. The topological polar surface area (TPSA) is 62.7 Å². The molecule has 0 saturated heterocycles. The van der Waals surface area contributed by atoms with Crippen molar-refractivity contribution in [3.63, 3.8) is 0 Å². The van der Waals surface area contributed by atoms with Gasteiger partial charge in [0.05, 0.1) is 29.5 Å². The van der Waals surface area contributed by atoms with Crippen molar-refractivity contribution < 1.29 is 14.3 Å². The minimum absolute atomic E-state index is 0.169. The Labute approximate surface area is 182 Å². The van der Waals surface area contributed by atoms with Gasteiger partial charge >= 0.3 is 6.09 Å². The molecule has 0 fully saturated rings. The van der Waals surface area contributed by atoms with Gasteiger partial charge in [-0.25, -0.2) is 9.78 Å². The van der Waals surface area contributed by atoms with Crippen LogP contribution >= 0.6 is 0 Å². The Kier molecular flexibility index (Phi) is 5.63. The number of carbonyl (C=O) groups is 2.